The number of hydrogen-bond acceptors (Lipinski definition) is 4. The summed E-state index contributed by atoms with van der Waals surface area (Å²) in [6.07, 6.45) is 1.76. The molecule has 1 aliphatic rings. The van der Waals surface area contributed by atoms with Crippen LogP contribution < -0.4 is 9.64 Å². The van der Waals surface area contributed by atoms with Gasteiger partial charge in [-0.15, -0.1) is 0 Å². The van der Waals surface area contributed by atoms with Crippen LogP contribution in [-0.4, -0.2) is 23.0 Å². The summed E-state index contributed by atoms with van der Waals surface area (Å²) in [6, 6.07) is 20.8. The fourth-order valence-electron chi connectivity index (χ4n) is 3.40. The maximum absolute atomic E-state index is 13.2. The minimum Gasteiger partial charge on any atom is -0.481 e. The number of aliphatic carboxylic acids is 1. The largest absolute Gasteiger partial charge is 0.481 e. The molecule has 0 aliphatic heterocycles. The minimum absolute atomic E-state index is 0.0999. The smallest absolute Gasteiger partial charge is 0.307 e. The zero-order chi connectivity index (χ0) is 22.7. The van der Waals surface area contributed by atoms with E-state index < -0.39 is 5.97 Å². The summed E-state index contributed by atoms with van der Waals surface area (Å²) in [7, 11) is 0. The van der Waals surface area contributed by atoms with Crippen LogP contribution in [0.5, 0.6) is 11.5 Å². The van der Waals surface area contributed by atoms with Gasteiger partial charge in [-0.2, -0.15) is 5.26 Å². The second-order valence-corrected chi connectivity index (χ2v) is 7.96. The lowest BCUT2D eigenvalue weighted by molar-refractivity contribution is -0.136. The highest BCUT2D eigenvalue weighted by Gasteiger charge is 2.34. The SMILES string of the molecule is N#Cc1cc(CC(=O)O)ccc1Oc1ccc(C(=O)N(c2ccc(Cl)cc2)C2CC2)cc1. The second-order valence-electron chi connectivity index (χ2n) is 7.52. The third-order valence-electron chi connectivity index (χ3n) is 5.08. The first-order valence-electron chi connectivity index (χ1n) is 10.1. The van der Waals surface area contributed by atoms with Crippen LogP contribution in [0.4, 0.5) is 5.69 Å². The first-order chi connectivity index (χ1) is 15.4. The van der Waals surface area contributed by atoms with Crippen molar-refractivity contribution in [3.8, 4) is 17.6 Å². The van der Waals surface area contributed by atoms with E-state index in [2.05, 4.69) is 0 Å². The predicted octanol–water partition coefficient (Wildman–Crippen LogP) is 5.44. The van der Waals surface area contributed by atoms with Crippen molar-refractivity contribution < 1.29 is 19.4 Å². The van der Waals surface area contributed by atoms with Crippen molar-refractivity contribution in [2.75, 3.05) is 4.90 Å². The maximum atomic E-state index is 13.2. The standard InChI is InChI=1S/C25H19ClN2O4/c26-19-4-6-20(7-5-19)28(21-8-9-21)25(31)17-2-10-22(11-3-17)32-23-12-1-16(14-24(29)30)13-18(23)15-27/h1-7,10-13,21H,8-9,14H2,(H,29,30). The minimum atomic E-state index is -0.971. The topological polar surface area (TPSA) is 90.6 Å². The van der Waals surface area contributed by atoms with Crippen molar-refractivity contribution >= 4 is 29.2 Å². The van der Waals surface area contributed by atoms with E-state index >= 15 is 0 Å². The van der Waals surface area contributed by atoms with Gasteiger partial charge in [-0.3, -0.25) is 9.59 Å². The lowest BCUT2D eigenvalue weighted by Crippen LogP contribution is -2.32. The normalized spacial score (nSPS) is 12.6. The number of carbonyl (C=O) groups is 2. The summed E-state index contributed by atoms with van der Waals surface area (Å²) in [6.45, 7) is 0. The summed E-state index contributed by atoms with van der Waals surface area (Å²) in [5.41, 5.74) is 2.09. The molecule has 0 atom stereocenters. The molecular formula is C25H19ClN2O4. The van der Waals surface area contributed by atoms with Gasteiger partial charge in [-0.05, 0) is 79.1 Å². The number of nitriles is 1. The molecule has 0 heterocycles. The molecule has 1 aliphatic carbocycles. The van der Waals surface area contributed by atoms with Gasteiger partial charge in [0.05, 0.1) is 12.0 Å². The maximum Gasteiger partial charge on any atom is 0.307 e. The van der Waals surface area contributed by atoms with Crippen LogP contribution in [0.1, 0.15) is 34.3 Å². The molecule has 6 nitrogen and oxygen atoms in total. The molecule has 7 heteroatoms. The number of anilines is 1. The lowest BCUT2D eigenvalue weighted by atomic mass is 10.1. The number of carbonyl (C=O) groups excluding carboxylic acids is 1. The van der Waals surface area contributed by atoms with Crippen LogP contribution in [-0.2, 0) is 11.2 Å². The van der Waals surface area contributed by atoms with Crippen LogP contribution in [0.2, 0.25) is 5.02 Å². The Labute approximate surface area is 190 Å². The second kappa shape index (κ2) is 9.13. The van der Waals surface area contributed by atoms with Gasteiger partial charge in [0.25, 0.3) is 5.91 Å². The van der Waals surface area contributed by atoms with E-state index in [0.717, 1.165) is 18.5 Å². The Bertz CT molecular complexity index is 1200. The van der Waals surface area contributed by atoms with Gasteiger partial charge in [-0.25, -0.2) is 0 Å². The number of nitrogens with zero attached hydrogens (tertiary/aromatic N) is 2. The zero-order valence-electron chi connectivity index (χ0n) is 17.0. The Morgan fingerprint density at radius 2 is 1.75 bits per heavy atom. The average molecular weight is 447 g/mol. The van der Waals surface area contributed by atoms with Crippen molar-refractivity contribution in [1.29, 1.82) is 5.26 Å². The first kappa shape index (κ1) is 21.4. The number of ether oxygens (including phenoxy) is 1. The molecule has 0 radical (unpaired) electrons. The van der Waals surface area contributed by atoms with Crippen LogP contribution in [0, 0.1) is 11.3 Å². The molecule has 32 heavy (non-hydrogen) atoms. The molecule has 0 spiro atoms. The molecule has 0 unspecified atom stereocenters. The average Bonchev–Trinajstić information content (AvgIpc) is 3.61. The molecule has 1 N–H and O–H groups in total. The van der Waals surface area contributed by atoms with E-state index in [-0.39, 0.29) is 23.9 Å². The van der Waals surface area contributed by atoms with Gasteiger partial charge in [-0.1, -0.05) is 17.7 Å². The predicted molar refractivity (Wildman–Crippen MR) is 120 cm³/mol. The Morgan fingerprint density at radius 3 is 2.34 bits per heavy atom. The summed E-state index contributed by atoms with van der Waals surface area (Å²) in [5, 5.41) is 18.9. The van der Waals surface area contributed by atoms with E-state index in [4.69, 9.17) is 21.4 Å². The molecular weight excluding hydrogens is 428 g/mol. The Hall–Kier alpha value is -3.82. The molecule has 1 fully saturated rings. The molecule has 1 amide bonds. The Balaban J connectivity index is 1.52. The van der Waals surface area contributed by atoms with Gasteiger partial charge < -0.3 is 14.7 Å². The first-order valence-corrected chi connectivity index (χ1v) is 10.4. The highest BCUT2D eigenvalue weighted by atomic mass is 35.5. The third-order valence-corrected chi connectivity index (χ3v) is 5.34. The quantitative estimate of drug-likeness (QED) is 0.521. The molecule has 1 saturated carbocycles. The number of halogens is 1. The molecule has 160 valence electrons. The lowest BCUT2D eigenvalue weighted by Gasteiger charge is -2.23. The highest BCUT2D eigenvalue weighted by molar-refractivity contribution is 6.30. The van der Waals surface area contributed by atoms with E-state index in [9.17, 15) is 14.9 Å². The van der Waals surface area contributed by atoms with Gasteiger partial charge >= 0.3 is 5.97 Å². The van der Waals surface area contributed by atoms with Gasteiger partial charge in [0.2, 0.25) is 0 Å². The fraction of sp³-hybridized carbons (Fsp3) is 0.160. The molecule has 3 aromatic carbocycles. The molecule has 4 rings (SSSR count). The summed E-state index contributed by atoms with van der Waals surface area (Å²) in [4.78, 5) is 25.8. The molecule has 3 aromatic rings. The number of carboxylic acids is 1. The monoisotopic (exact) mass is 446 g/mol. The van der Waals surface area contributed by atoms with E-state index in [1.807, 2.05) is 18.2 Å². The van der Waals surface area contributed by atoms with Crippen molar-refractivity contribution in [1.82, 2.24) is 0 Å². The van der Waals surface area contributed by atoms with Crippen LogP contribution in [0.25, 0.3) is 0 Å². The van der Waals surface area contributed by atoms with Crippen molar-refractivity contribution in [3.05, 3.63) is 88.4 Å². The number of hydrogen-bond donors (Lipinski definition) is 1. The van der Waals surface area contributed by atoms with Crippen LogP contribution in [0.15, 0.2) is 66.7 Å². The zero-order valence-corrected chi connectivity index (χ0v) is 17.7. The summed E-state index contributed by atoms with van der Waals surface area (Å²) in [5.74, 6) is -0.284. The van der Waals surface area contributed by atoms with E-state index in [0.29, 0.717) is 27.6 Å². The van der Waals surface area contributed by atoms with E-state index in [1.54, 1.807) is 53.4 Å². The van der Waals surface area contributed by atoms with Gasteiger partial charge in [0, 0.05) is 22.3 Å². The van der Waals surface area contributed by atoms with Gasteiger partial charge in [0.1, 0.15) is 17.6 Å². The third kappa shape index (κ3) is 4.90. The number of benzene rings is 3. The Kier molecular flexibility index (Phi) is 6.11. The highest BCUT2D eigenvalue weighted by Crippen LogP contribution is 2.34. The fourth-order valence-corrected chi connectivity index (χ4v) is 3.52. The van der Waals surface area contributed by atoms with Crippen molar-refractivity contribution in [2.45, 2.75) is 25.3 Å². The molecule has 0 bridgehead atoms. The number of carboxylic acid groups (broad SMARTS) is 1. The molecule has 0 aromatic heterocycles. The number of amides is 1. The Morgan fingerprint density at radius 1 is 1.06 bits per heavy atom. The van der Waals surface area contributed by atoms with Crippen molar-refractivity contribution in [2.24, 2.45) is 0 Å². The van der Waals surface area contributed by atoms with Gasteiger partial charge in [0.15, 0.2) is 0 Å². The summed E-state index contributed by atoms with van der Waals surface area (Å²) < 4.78 is 5.80. The van der Waals surface area contributed by atoms with Crippen LogP contribution in [0.3, 0.4) is 0 Å². The summed E-state index contributed by atoms with van der Waals surface area (Å²) >= 11 is 5.98. The van der Waals surface area contributed by atoms with Crippen LogP contribution >= 0.6 is 11.6 Å². The van der Waals surface area contributed by atoms with Crippen molar-refractivity contribution in [3.63, 3.8) is 0 Å². The molecule has 0 saturated heterocycles. The number of rotatable bonds is 7. The van der Waals surface area contributed by atoms with E-state index in [1.165, 1.54) is 6.07 Å².